The molecule has 2 heteroatoms. The van der Waals surface area contributed by atoms with Crippen molar-refractivity contribution < 1.29 is 0 Å². The first-order valence-corrected chi connectivity index (χ1v) is 3.02. The molecule has 0 rings (SSSR count). The van der Waals surface area contributed by atoms with Gasteiger partial charge in [-0.25, -0.2) is 0 Å². The Morgan fingerprint density at radius 2 is 2.00 bits per heavy atom. The summed E-state index contributed by atoms with van der Waals surface area (Å²) in [6, 6.07) is 0. The Kier molecular flexibility index (Phi) is 3.95. The van der Waals surface area contributed by atoms with E-state index in [-0.39, 0.29) is 0 Å². The van der Waals surface area contributed by atoms with Crippen molar-refractivity contribution in [1.82, 2.24) is 0 Å². The van der Waals surface area contributed by atoms with E-state index in [0.29, 0.717) is 0 Å². The largest absolute Gasteiger partial charge is 0.133 e. The van der Waals surface area contributed by atoms with Gasteiger partial charge >= 0.3 is 0 Å². The van der Waals surface area contributed by atoms with Crippen LogP contribution in [0.15, 0.2) is 0 Å². The summed E-state index contributed by atoms with van der Waals surface area (Å²) >= 11 is 2.03. The maximum absolute atomic E-state index is 2.81. The minimum absolute atomic E-state index is 1.02. The molecule has 0 bridgehead atoms. The van der Waals surface area contributed by atoms with Gasteiger partial charge in [-0.1, -0.05) is 0 Å². The van der Waals surface area contributed by atoms with Crippen LogP contribution in [0.2, 0.25) is 0 Å². The van der Waals surface area contributed by atoms with E-state index in [1.807, 2.05) is 22.6 Å². The molecule has 0 aromatic carbocycles. The number of hydrogen-bond acceptors (Lipinski definition) is 0. The molecule has 0 aromatic rings. The van der Waals surface area contributed by atoms with Crippen molar-refractivity contribution in [1.29, 1.82) is 0 Å². The fourth-order valence-electron chi connectivity index (χ4n) is 0. The second-order valence-corrected chi connectivity index (χ2v) is 1.38. The van der Waals surface area contributed by atoms with Gasteiger partial charge in [-0.2, -0.15) is 0 Å². The highest BCUT2D eigenvalue weighted by atomic mass is 127. The molecule has 0 N–H and O–H groups in total. The fourth-order valence-corrected chi connectivity index (χ4v) is 0. The van der Waals surface area contributed by atoms with Crippen LogP contribution in [0.5, 0.6) is 0 Å². The summed E-state index contributed by atoms with van der Waals surface area (Å²) in [4.78, 5) is 0. The summed E-state index contributed by atoms with van der Waals surface area (Å²) in [5, 5.41) is 0. The Morgan fingerprint density at radius 3 is 2.00 bits per heavy atom. The van der Waals surface area contributed by atoms with Gasteiger partial charge in [0.05, 0.1) is 10.2 Å². The third-order valence-electron chi connectivity index (χ3n) is 0.0945. The molecule has 0 atom stereocenters. The molecule has 22 valence electrons. The van der Waals surface area contributed by atoms with E-state index in [2.05, 4.69) is 9.47 Å². The van der Waals surface area contributed by atoms with Gasteiger partial charge in [-0.05, 0) is 3.93 Å². The van der Waals surface area contributed by atoms with Crippen molar-refractivity contribution in [2.24, 2.45) is 0 Å². The molecule has 0 unspecified atom stereocenters. The van der Waals surface area contributed by atoms with Crippen molar-refractivity contribution in [3.63, 3.8) is 0 Å². The predicted octanol–water partition coefficient (Wildman–Crippen LogP) is -0.295. The standard InChI is InChI=1S/C2H3ISi/c3-1-2-4/h4H3. The summed E-state index contributed by atoms with van der Waals surface area (Å²) in [7, 11) is 1.02. The summed E-state index contributed by atoms with van der Waals surface area (Å²) in [6.45, 7) is 0. The summed E-state index contributed by atoms with van der Waals surface area (Å²) in [5.74, 6) is 0. The van der Waals surface area contributed by atoms with Gasteiger partial charge in [0.15, 0.2) is 0 Å². The zero-order valence-electron chi connectivity index (χ0n) is 2.38. The molecule has 0 aliphatic heterocycles. The van der Waals surface area contributed by atoms with Crippen LogP contribution in [0.25, 0.3) is 0 Å². The minimum Gasteiger partial charge on any atom is -0.133 e. The highest BCUT2D eigenvalue weighted by Gasteiger charge is 1.30. The molecule has 0 aliphatic rings. The lowest BCUT2D eigenvalue weighted by molar-refractivity contribution is 3.06. The smallest absolute Gasteiger partial charge is 0.0917 e. The van der Waals surface area contributed by atoms with E-state index < -0.39 is 0 Å². The quantitative estimate of drug-likeness (QED) is 0.274. The third kappa shape index (κ3) is 2.51. The molecule has 0 saturated carbocycles. The minimum atomic E-state index is 1.02. The SMILES string of the molecule is [SiH3]C#CI. The molecular formula is C2H3ISi. The van der Waals surface area contributed by atoms with Crippen LogP contribution in [-0.2, 0) is 0 Å². The van der Waals surface area contributed by atoms with E-state index >= 15 is 0 Å². The summed E-state index contributed by atoms with van der Waals surface area (Å²) in [5.41, 5.74) is 2.81. The molecule has 0 aliphatic carbocycles. The maximum atomic E-state index is 2.81. The zero-order valence-corrected chi connectivity index (χ0v) is 6.54. The number of halogens is 1. The van der Waals surface area contributed by atoms with Gasteiger partial charge in [-0.3, -0.25) is 0 Å². The first kappa shape index (κ1) is 4.51. The second-order valence-electron chi connectivity index (χ2n) is 0.344. The predicted molar refractivity (Wildman–Crippen MR) is 31.7 cm³/mol. The maximum Gasteiger partial charge on any atom is 0.0917 e. The lowest BCUT2D eigenvalue weighted by atomic mass is 11.4. The third-order valence-corrected chi connectivity index (χ3v) is 1.90. The summed E-state index contributed by atoms with van der Waals surface area (Å²) < 4.78 is 2.71. The van der Waals surface area contributed by atoms with Gasteiger partial charge in [0, 0.05) is 22.6 Å². The van der Waals surface area contributed by atoms with E-state index in [4.69, 9.17) is 0 Å². The Hall–Kier alpha value is 0.507. The molecule has 0 heterocycles. The Bertz CT molecular complexity index is 42.8. The Balaban J connectivity index is 2.83. The lowest BCUT2D eigenvalue weighted by Gasteiger charge is -1.37. The zero-order chi connectivity index (χ0) is 3.41. The molecular weight excluding hydrogens is 179 g/mol. The van der Waals surface area contributed by atoms with Crippen LogP contribution in [0.3, 0.4) is 0 Å². The summed E-state index contributed by atoms with van der Waals surface area (Å²) in [6.07, 6.45) is 0. The van der Waals surface area contributed by atoms with E-state index in [1.165, 1.54) is 0 Å². The Labute approximate surface area is 42.5 Å². The molecule has 0 aromatic heterocycles. The van der Waals surface area contributed by atoms with Crippen molar-refractivity contribution in [3.8, 4) is 9.47 Å². The molecule has 0 fully saturated rings. The van der Waals surface area contributed by atoms with Gasteiger partial charge in [0.1, 0.15) is 0 Å². The number of hydrogen-bond donors (Lipinski definition) is 0. The molecule has 0 amide bonds. The van der Waals surface area contributed by atoms with E-state index in [0.717, 1.165) is 10.2 Å². The topological polar surface area (TPSA) is 0 Å². The van der Waals surface area contributed by atoms with Crippen LogP contribution < -0.4 is 0 Å². The van der Waals surface area contributed by atoms with Gasteiger partial charge in [0.2, 0.25) is 0 Å². The van der Waals surface area contributed by atoms with Crippen LogP contribution >= 0.6 is 22.6 Å². The van der Waals surface area contributed by atoms with E-state index in [1.54, 1.807) is 0 Å². The average molecular weight is 182 g/mol. The van der Waals surface area contributed by atoms with E-state index in [9.17, 15) is 0 Å². The fraction of sp³-hybridized carbons (Fsp3) is 0. The first-order chi connectivity index (χ1) is 1.91. The van der Waals surface area contributed by atoms with Crippen LogP contribution in [0.4, 0.5) is 0 Å². The molecule has 0 saturated heterocycles. The van der Waals surface area contributed by atoms with Crippen LogP contribution in [0.1, 0.15) is 0 Å². The monoisotopic (exact) mass is 182 g/mol. The molecule has 0 radical (unpaired) electrons. The normalized spacial score (nSPS) is 4.25. The van der Waals surface area contributed by atoms with Crippen LogP contribution in [-0.4, -0.2) is 10.2 Å². The second kappa shape index (κ2) is 3.51. The Morgan fingerprint density at radius 1 is 1.75 bits per heavy atom. The molecule has 4 heavy (non-hydrogen) atoms. The lowest BCUT2D eigenvalue weighted by Crippen LogP contribution is -1.37. The van der Waals surface area contributed by atoms with Gasteiger partial charge in [-0.15, -0.1) is 5.54 Å². The molecule has 0 spiro atoms. The van der Waals surface area contributed by atoms with Crippen molar-refractivity contribution >= 4 is 32.8 Å². The van der Waals surface area contributed by atoms with Crippen molar-refractivity contribution in [2.45, 2.75) is 0 Å². The average Bonchev–Trinajstić information content (AvgIpc) is 1.37. The highest BCUT2D eigenvalue weighted by Crippen LogP contribution is 1.63. The van der Waals surface area contributed by atoms with Gasteiger partial charge in [0.25, 0.3) is 0 Å². The highest BCUT2D eigenvalue weighted by molar-refractivity contribution is 14.1. The van der Waals surface area contributed by atoms with Crippen LogP contribution in [0, 0.1) is 9.47 Å². The molecule has 0 nitrogen and oxygen atoms in total. The van der Waals surface area contributed by atoms with Gasteiger partial charge < -0.3 is 0 Å². The first-order valence-electron chi connectivity index (χ1n) is 0.939. The van der Waals surface area contributed by atoms with Crippen molar-refractivity contribution in [3.05, 3.63) is 0 Å². The number of rotatable bonds is 0. The van der Waals surface area contributed by atoms with Crippen molar-refractivity contribution in [2.75, 3.05) is 0 Å².